The van der Waals surface area contributed by atoms with Crippen molar-refractivity contribution in [3.8, 4) is 0 Å². The summed E-state index contributed by atoms with van der Waals surface area (Å²) in [4.78, 5) is 0. The first-order valence-corrected chi connectivity index (χ1v) is 4.29. The van der Waals surface area contributed by atoms with Gasteiger partial charge in [0.25, 0.3) is 0 Å². The maximum atomic E-state index is 10.2. The summed E-state index contributed by atoms with van der Waals surface area (Å²) in [6, 6.07) is 0. The number of allylic oxidation sites excluding steroid dienone is 3. The lowest BCUT2D eigenvalue weighted by atomic mass is 9.80. The van der Waals surface area contributed by atoms with Gasteiger partial charge in [0.2, 0.25) is 0 Å². The Bertz CT molecular complexity index is 247. The second-order valence-electron chi connectivity index (χ2n) is 3.44. The van der Waals surface area contributed by atoms with E-state index in [0.29, 0.717) is 0 Å². The quantitative estimate of drug-likeness (QED) is 0.631. The van der Waals surface area contributed by atoms with Gasteiger partial charge < -0.3 is 5.11 Å². The molecule has 0 heterocycles. The van der Waals surface area contributed by atoms with E-state index in [4.69, 9.17) is 0 Å². The van der Waals surface area contributed by atoms with E-state index in [1.165, 1.54) is 0 Å². The van der Waals surface area contributed by atoms with Crippen LogP contribution in [0.3, 0.4) is 0 Å². The Balaban J connectivity index is 3.11. The third kappa shape index (κ3) is 1.25. The largest absolute Gasteiger partial charge is 0.381 e. The molecule has 0 spiro atoms. The number of hydrogen-bond acceptors (Lipinski definition) is 1. The highest BCUT2D eigenvalue weighted by Crippen LogP contribution is 2.33. The van der Waals surface area contributed by atoms with Crippen LogP contribution in [0.4, 0.5) is 0 Å². The van der Waals surface area contributed by atoms with Crippen LogP contribution in [0, 0.1) is 0 Å². The fraction of sp³-hybridized carbons (Fsp3) is 0.455. The van der Waals surface area contributed by atoms with E-state index in [1.54, 1.807) is 0 Å². The monoisotopic (exact) mass is 164 g/mol. The minimum Gasteiger partial charge on any atom is -0.381 e. The SMILES string of the molecule is C=C1C=C(C)C(O)(CC)C(C)=C1. The molecule has 1 heteroatoms. The van der Waals surface area contributed by atoms with E-state index in [0.717, 1.165) is 23.1 Å². The lowest BCUT2D eigenvalue weighted by Gasteiger charge is -2.32. The molecule has 0 saturated carbocycles. The van der Waals surface area contributed by atoms with Crippen LogP contribution in [0.1, 0.15) is 27.2 Å². The Kier molecular flexibility index (Phi) is 2.25. The van der Waals surface area contributed by atoms with Gasteiger partial charge in [-0.25, -0.2) is 0 Å². The van der Waals surface area contributed by atoms with Gasteiger partial charge in [-0.2, -0.15) is 0 Å². The van der Waals surface area contributed by atoms with E-state index in [9.17, 15) is 5.11 Å². The molecule has 0 fully saturated rings. The van der Waals surface area contributed by atoms with Crippen molar-refractivity contribution in [3.63, 3.8) is 0 Å². The first kappa shape index (κ1) is 9.27. The zero-order chi connectivity index (χ0) is 9.35. The molecule has 0 bridgehead atoms. The van der Waals surface area contributed by atoms with E-state index in [1.807, 2.05) is 32.9 Å². The van der Waals surface area contributed by atoms with Crippen LogP contribution in [0.2, 0.25) is 0 Å². The van der Waals surface area contributed by atoms with Crippen molar-refractivity contribution in [2.45, 2.75) is 32.8 Å². The Labute approximate surface area is 74.1 Å². The van der Waals surface area contributed by atoms with Crippen LogP contribution < -0.4 is 0 Å². The number of aliphatic hydroxyl groups is 1. The fourth-order valence-electron chi connectivity index (χ4n) is 1.71. The van der Waals surface area contributed by atoms with Crippen LogP contribution >= 0.6 is 0 Å². The molecule has 1 rings (SSSR count). The fourth-order valence-corrected chi connectivity index (χ4v) is 1.71. The average molecular weight is 164 g/mol. The molecule has 0 amide bonds. The molecule has 0 aliphatic heterocycles. The third-order valence-electron chi connectivity index (χ3n) is 2.62. The standard InChI is InChI=1S/C11H16O/c1-5-11(12)9(3)6-8(2)7-10(11)4/h6-7,12H,2,5H2,1,3-4H3. The summed E-state index contributed by atoms with van der Waals surface area (Å²) in [6.07, 6.45) is 4.61. The lowest BCUT2D eigenvalue weighted by molar-refractivity contribution is 0.111. The molecule has 0 atom stereocenters. The predicted octanol–water partition coefficient (Wildman–Crippen LogP) is 2.59. The maximum Gasteiger partial charge on any atom is 0.106 e. The van der Waals surface area contributed by atoms with Gasteiger partial charge in [-0.05, 0) is 37.0 Å². The number of rotatable bonds is 1. The summed E-state index contributed by atoms with van der Waals surface area (Å²) in [6.45, 7) is 9.74. The summed E-state index contributed by atoms with van der Waals surface area (Å²) >= 11 is 0. The zero-order valence-corrected chi connectivity index (χ0v) is 8.02. The van der Waals surface area contributed by atoms with Crippen molar-refractivity contribution in [1.29, 1.82) is 0 Å². The summed E-state index contributed by atoms with van der Waals surface area (Å²) in [5.74, 6) is 0. The smallest absolute Gasteiger partial charge is 0.106 e. The molecule has 66 valence electrons. The molecule has 0 aromatic rings. The van der Waals surface area contributed by atoms with E-state index in [-0.39, 0.29) is 0 Å². The van der Waals surface area contributed by atoms with E-state index in [2.05, 4.69) is 6.58 Å². The first-order chi connectivity index (χ1) is 5.50. The second kappa shape index (κ2) is 2.91. The Morgan fingerprint density at radius 1 is 1.33 bits per heavy atom. The molecule has 1 N–H and O–H groups in total. The van der Waals surface area contributed by atoms with Crippen LogP contribution in [0.15, 0.2) is 35.5 Å². The summed E-state index contributed by atoms with van der Waals surface area (Å²) in [7, 11) is 0. The molecule has 0 saturated heterocycles. The molecule has 0 aromatic carbocycles. The highest BCUT2D eigenvalue weighted by molar-refractivity contribution is 5.46. The predicted molar refractivity (Wildman–Crippen MR) is 51.9 cm³/mol. The molecule has 1 aliphatic carbocycles. The second-order valence-corrected chi connectivity index (χ2v) is 3.44. The van der Waals surface area contributed by atoms with Crippen LogP contribution in [0.25, 0.3) is 0 Å². The normalized spacial score (nSPS) is 21.8. The summed E-state index contributed by atoms with van der Waals surface area (Å²) < 4.78 is 0. The van der Waals surface area contributed by atoms with Crippen molar-refractivity contribution in [2.24, 2.45) is 0 Å². The van der Waals surface area contributed by atoms with Gasteiger partial charge in [0, 0.05) is 0 Å². The minimum atomic E-state index is -0.721. The van der Waals surface area contributed by atoms with Gasteiger partial charge in [-0.15, -0.1) is 0 Å². The van der Waals surface area contributed by atoms with Gasteiger partial charge >= 0.3 is 0 Å². The van der Waals surface area contributed by atoms with Gasteiger partial charge in [-0.3, -0.25) is 0 Å². The Morgan fingerprint density at radius 2 is 1.75 bits per heavy atom. The molecule has 12 heavy (non-hydrogen) atoms. The van der Waals surface area contributed by atoms with Crippen LogP contribution in [-0.2, 0) is 0 Å². The highest BCUT2D eigenvalue weighted by Gasteiger charge is 2.30. The number of hydrogen-bond donors (Lipinski definition) is 1. The topological polar surface area (TPSA) is 20.2 Å². The molecule has 0 aromatic heterocycles. The van der Waals surface area contributed by atoms with Gasteiger partial charge in [0.15, 0.2) is 0 Å². The average Bonchev–Trinajstić information content (AvgIpc) is 2.00. The zero-order valence-electron chi connectivity index (χ0n) is 8.02. The van der Waals surface area contributed by atoms with E-state index < -0.39 is 5.60 Å². The van der Waals surface area contributed by atoms with Crippen molar-refractivity contribution in [3.05, 3.63) is 35.5 Å². The molecular formula is C11H16O. The minimum absolute atomic E-state index is 0.721. The lowest BCUT2D eigenvalue weighted by Crippen LogP contribution is -2.32. The van der Waals surface area contributed by atoms with Gasteiger partial charge in [-0.1, -0.05) is 25.7 Å². The van der Waals surface area contributed by atoms with Gasteiger partial charge in [0.1, 0.15) is 5.60 Å². The van der Waals surface area contributed by atoms with Crippen molar-refractivity contribution in [2.75, 3.05) is 0 Å². The summed E-state index contributed by atoms with van der Waals surface area (Å²) in [5.41, 5.74) is 2.24. The van der Waals surface area contributed by atoms with Crippen molar-refractivity contribution >= 4 is 0 Å². The molecular weight excluding hydrogens is 148 g/mol. The summed E-state index contributed by atoms with van der Waals surface area (Å²) in [5, 5.41) is 10.2. The van der Waals surface area contributed by atoms with Crippen molar-refractivity contribution in [1.82, 2.24) is 0 Å². The molecule has 1 nitrogen and oxygen atoms in total. The van der Waals surface area contributed by atoms with Crippen LogP contribution in [-0.4, -0.2) is 10.7 Å². The molecule has 1 aliphatic rings. The van der Waals surface area contributed by atoms with Crippen LogP contribution in [0.5, 0.6) is 0 Å². The maximum absolute atomic E-state index is 10.2. The molecule has 0 unspecified atom stereocenters. The third-order valence-corrected chi connectivity index (χ3v) is 2.62. The first-order valence-electron chi connectivity index (χ1n) is 4.29. The highest BCUT2D eigenvalue weighted by atomic mass is 16.3. The van der Waals surface area contributed by atoms with Crippen molar-refractivity contribution < 1.29 is 5.11 Å². The Morgan fingerprint density at radius 3 is 2.08 bits per heavy atom. The van der Waals surface area contributed by atoms with E-state index >= 15 is 0 Å². The molecule has 0 radical (unpaired) electrons. The van der Waals surface area contributed by atoms with Gasteiger partial charge in [0.05, 0.1) is 0 Å². The Hall–Kier alpha value is -0.820.